The molecule has 0 atom stereocenters. The van der Waals surface area contributed by atoms with Crippen molar-refractivity contribution in [1.29, 1.82) is 0 Å². The third-order valence-electron chi connectivity index (χ3n) is 4.38. The van der Waals surface area contributed by atoms with Gasteiger partial charge in [-0.25, -0.2) is 4.39 Å². The number of nitrogens with one attached hydrogen (secondary N) is 1. The maximum Gasteiger partial charge on any atom is 0.307 e. The monoisotopic (exact) mass is 425 g/mol. The number of amides is 1. The summed E-state index contributed by atoms with van der Waals surface area (Å²) in [4.78, 5) is 23.4. The molecule has 5 nitrogen and oxygen atoms in total. The van der Waals surface area contributed by atoms with Gasteiger partial charge in [-0.1, -0.05) is 30.3 Å². The number of hydrogen-bond donors (Lipinski definition) is 3. The molecule has 0 aromatic heterocycles. The van der Waals surface area contributed by atoms with Crippen LogP contribution in [0.25, 0.3) is 21.9 Å². The van der Waals surface area contributed by atoms with Crippen LogP contribution in [-0.4, -0.2) is 34.7 Å². The second-order valence-electron chi connectivity index (χ2n) is 8.32. The number of halogens is 1. The van der Waals surface area contributed by atoms with Gasteiger partial charge in [-0.05, 0) is 78.9 Å². The van der Waals surface area contributed by atoms with Gasteiger partial charge in [0.25, 0.3) is 5.91 Å². The molecule has 0 aliphatic rings. The molecule has 3 aromatic rings. The lowest BCUT2D eigenvalue weighted by atomic mass is 9.88. The first-order valence-corrected chi connectivity index (χ1v) is 9.89. The number of rotatable bonds is 4. The Morgan fingerprint density at radius 3 is 2.26 bits per heavy atom. The molecule has 3 aromatic carbocycles. The molecule has 31 heavy (non-hydrogen) atoms. The second-order valence-corrected chi connectivity index (χ2v) is 8.32. The van der Waals surface area contributed by atoms with Crippen LogP contribution in [0.5, 0.6) is 0 Å². The predicted octanol–water partition coefficient (Wildman–Crippen LogP) is 4.72. The lowest BCUT2D eigenvalue weighted by Crippen LogP contribution is -2.18. The fourth-order valence-electron chi connectivity index (χ4n) is 3.25. The van der Waals surface area contributed by atoms with Crippen molar-refractivity contribution in [3.05, 3.63) is 71.0 Å². The molecule has 0 bridgehead atoms. The molecular weight excluding hydrogens is 397 g/mol. The Morgan fingerprint density at radius 2 is 1.68 bits per heavy atom. The van der Waals surface area contributed by atoms with E-state index < -0.39 is 23.3 Å². The number of carboxylic acid groups (broad SMARTS) is 1. The molecule has 0 radical (unpaired) electrons. The van der Waals surface area contributed by atoms with E-state index in [9.17, 15) is 19.1 Å². The van der Waals surface area contributed by atoms with Crippen molar-refractivity contribution in [1.82, 2.24) is 5.32 Å². The molecule has 0 aliphatic heterocycles. The largest absolute Gasteiger partial charge is 0.481 e. The summed E-state index contributed by atoms with van der Waals surface area (Å²) in [5.74, 6) is -1.91. The topological polar surface area (TPSA) is 86.6 Å². The Labute approximate surface area is 181 Å². The van der Waals surface area contributed by atoms with Crippen molar-refractivity contribution < 1.29 is 24.2 Å². The number of hydrogen-bond acceptors (Lipinski definition) is 3. The average molecular weight is 426 g/mol. The first kappa shape index (κ1) is 24.0. The average Bonchev–Trinajstić information content (AvgIpc) is 2.65. The van der Waals surface area contributed by atoms with Crippen molar-refractivity contribution in [2.24, 2.45) is 0 Å². The van der Waals surface area contributed by atoms with Crippen molar-refractivity contribution in [3.8, 4) is 11.1 Å². The lowest BCUT2D eigenvalue weighted by Gasteiger charge is -2.16. The van der Waals surface area contributed by atoms with E-state index in [2.05, 4.69) is 5.32 Å². The third-order valence-corrected chi connectivity index (χ3v) is 4.38. The zero-order valence-corrected chi connectivity index (χ0v) is 18.4. The van der Waals surface area contributed by atoms with Gasteiger partial charge in [0.1, 0.15) is 5.82 Å². The number of carboxylic acids is 1. The first-order valence-electron chi connectivity index (χ1n) is 9.89. The van der Waals surface area contributed by atoms with Crippen molar-refractivity contribution in [3.63, 3.8) is 0 Å². The van der Waals surface area contributed by atoms with E-state index in [0.29, 0.717) is 16.7 Å². The molecule has 0 unspecified atom stereocenters. The Bertz CT molecular complexity index is 1110. The Balaban J connectivity index is 0.000000614. The first-order chi connectivity index (χ1) is 14.4. The molecule has 1 amide bonds. The van der Waals surface area contributed by atoms with Gasteiger partial charge >= 0.3 is 5.97 Å². The number of carbonyl (C=O) groups excluding carboxylic acids is 1. The summed E-state index contributed by atoms with van der Waals surface area (Å²) in [6, 6.07) is 13.6. The highest BCUT2D eigenvalue weighted by atomic mass is 19.1. The number of fused-ring (bicyclic) bond motifs is 1. The molecule has 0 saturated heterocycles. The minimum atomic E-state index is -0.965. The van der Waals surface area contributed by atoms with Gasteiger partial charge in [-0.3, -0.25) is 9.59 Å². The Morgan fingerprint density at radius 1 is 1.06 bits per heavy atom. The van der Waals surface area contributed by atoms with Crippen LogP contribution in [-0.2, 0) is 11.2 Å². The number of carbonyl (C=O) groups is 2. The molecule has 0 fully saturated rings. The third kappa shape index (κ3) is 6.62. The molecular formula is C25H28FNO4. The quantitative estimate of drug-likeness (QED) is 0.565. The standard InChI is InChI=1S/C21H18FNO3.C4H10O/c1-12-7-13-5-3-4-6-17(13)20(18(12)11-19(24)25)14-8-15(21(26)23-2)10-16(22)9-14;1-4(2,3)5/h3-10H,11H2,1-2H3,(H,23,26)(H,24,25);5H,1-3H3. The normalized spacial score (nSPS) is 10.9. The van der Waals surface area contributed by atoms with Crippen molar-refractivity contribution in [2.75, 3.05) is 7.05 Å². The summed E-state index contributed by atoms with van der Waals surface area (Å²) in [7, 11) is 1.48. The van der Waals surface area contributed by atoms with E-state index >= 15 is 0 Å². The van der Waals surface area contributed by atoms with Crippen LogP contribution < -0.4 is 5.32 Å². The molecule has 0 spiro atoms. The smallest absolute Gasteiger partial charge is 0.307 e. The van der Waals surface area contributed by atoms with E-state index in [1.54, 1.807) is 26.8 Å². The molecule has 3 rings (SSSR count). The minimum absolute atomic E-state index is 0.183. The summed E-state index contributed by atoms with van der Waals surface area (Å²) >= 11 is 0. The molecule has 164 valence electrons. The van der Waals surface area contributed by atoms with Crippen LogP contribution in [0.2, 0.25) is 0 Å². The maximum absolute atomic E-state index is 14.2. The summed E-state index contributed by atoms with van der Waals surface area (Å²) < 4.78 is 14.2. The second kappa shape index (κ2) is 9.71. The van der Waals surface area contributed by atoms with Crippen LogP contribution in [0, 0.1) is 12.7 Å². The van der Waals surface area contributed by atoms with E-state index in [1.165, 1.54) is 13.1 Å². The molecule has 0 aliphatic carbocycles. The molecule has 0 saturated carbocycles. The fraction of sp³-hybridized carbons (Fsp3) is 0.280. The van der Waals surface area contributed by atoms with Crippen molar-refractivity contribution >= 4 is 22.6 Å². The minimum Gasteiger partial charge on any atom is -0.481 e. The number of aryl methyl sites for hydroxylation is 1. The molecule has 3 N–H and O–H groups in total. The van der Waals surface area contributed by atoms with Gasteiger partial charge in [0, 0.05) is 12.6 Å². The predicted molar refractivity (Wildman–Crippen MR) is 121 cm³/mol. The van der Waals surface area contributed by atoms with Crippen LogP contribution in [0.3, 0.4) is 0 Å². The van der Waals surface area contributed by atoms with E-state index in [4.69, 9.17) is 5.11 Å². The number of benzene rings is 3. The molecule has 0 heterocycles. The van der Waals surface area contributed by atoms with Gasteiger partial charge in [0.2, 0.25) is 0 Å². The van der Waals surface area contributed by atoms with Gasteiger partial charge < -0.3 is 15.5 Å². The SMILES string of the molecule is CC(C)(C)O.CNC(=O)c1cc(F)cc(-c2c(CC(=O)O)c(C)cc3ccccc23)c1. The lowest BCUT2D eigenvalue weighted by molar-refractivity contribution is -0.136. The maximum atomic E-state index is 14.2. The van der Waals surface area contributed by atoms with Crippen LogP contribution in [0.1, 0.15) is 42.3 Å². The fourth-order valence-corrected chi connectivity index (χ4v) is 3.25. The summed E-state index contributed by atoms with van der Waals surface area (Å²) in [6.07, 6.45) is -0.183. The zero-order valence-electron chi connectivity index (χ0n) is 18.4. The highest BCUT2D eigenvalue weighted by molar-refractivity contribution is 6.02. The highest BCUT2D eigenvalue weighted by Gasteiger charge is 2.18. The van der Waals surface area contributed by atoms with Gasteiger partial charge in [-0.15, -0.1) is 0 Å². The van der Waals surface area contributed by atoms with Gasteiger partial charge in [-0.2, -0.15) is 0 Å². The van der Waals surface area contributed by atoms with E-state index in [0.717, 1.165) is 22.4 Å². The van der Waals surface area contributed by atoms with Gasteiger partial charge in [0.05, 0.1) is 12.0 Å². The van der Waals surface area contributed by atoms with Crippen LogP contribution in [0.4, 0.5) is 4.39 Å². The number of aliphatic hydroxyl groups is 1. The molecule has 6 heteroatoms. The van der Waals surface area contributed by atoms with Crippen molar-refractivity contribution in [2.45, 2.75) is 39.7 Å². The summed E-state index contributed by atoms with van der Waals surface area (Å²) in [5, 5.41) is 22.1. The number of aliphatic carboxylic acids is 1. The summed E-state index contributed by atoms with van der Waals surface area (Å²) in [6.45, 7) is 7.07. The van der Waals surface area contributed by atoms with Gasteiger partial charge in [0.15, 0.2) is 0 Å². The Kier molecular flexibility index (Phi) is 7.52. The summed E-state index contributed by atoms with van der Waals surface area (Å²) in [5.41, 5.74) is 2.25. The van der Waals surface area contributed by atoms with E-state index in [1.807, 2.05) is 37.3 Å². The van der Waals surface area contributed by atoms with E-state index in [-0.39, 0.29) is 12.0 Å². The Hall–Kier alpha value is -3.25. The zero-order chi connectivity index (χ0) is 23.3. The van der Waals surface area contributed by atoms with Crippen LogP contribution in [0.15, 0.2) is 48.5 Å². The van der Waals surface area contributed by atoms with Crippen LogP contribution >= 0.6 is 0 Å². The highest BCUT2D eigenvalue weighted by Crippen LogP contribution is 2.35.